The number of nitrogens with zero attached hydrogens (tertiary/aromatic N) is 2. The molecule has 1 saturated heterocycles. The van der Waals surface area contributed by atoms with Gasteiger partial charge in [0.1, 0.15) is 11.5 Å². The number of carbonyl (C=O) groups excluding carboxylic acids is 1. The number of rotatable bonds is 1. The van der Waals surface area contributed by atoms with Crippen LogP contribution in [0.3, 0.4) is 0 Å². The Morgan fingerprint density at radius 1 is 1.23 bits per heavy atom. The molecular weight excluding hydrogens is 300 g/mol. The Hall–Kier alpha value is -1.95. The Labute approximate surface area is 134 Å². The number of amides is 1. The average Bonchev–Trinajstić information content (AvgIpc) is 3.14. The maximum atomic E-state index is 11.9. The van der Waals surface area contributed by atoms with Crippen molar-refractivity contribution in [2.24, 2.45) is 4.99 Å². The summed E-state index contributed by atoms with van der Waals surface area (Å²) in [4.78, 5) is 18.6. The van der Waals surface area contributed by atoms with Gasteiger partial charge >= 0.3 is 0 Å². The molecule has 2 aliphatic rings. The van der Waals surface area contributed by atoms with Crippen LogP contribution in [0.4, 0.5) is 0 Å². The van der Waals surface area contributed by atoms with Crippen LogP contribution in [0.5, 0.6) is 11.5 Å². The van der Waals surface area contributed by atoms with Crippen LogP contribution in [-0.2, 0) is 4.79 Å². The van der Waals surface area contributed by atoms with Crippen molar-refractivity contribution in [1.29, 1.82) is 0 Å². The summed E-state index contributed by atoms with van der Waals surface area (Å²) in [6.07, 6.45) is 3.87. The Morgan fingerprint density at radius 3 is 2.55 bits per heavy atom. The number of amidine groups is 1. The molecule has 5 nitrogen and oxygen atoms in total. The third-order valence-corrected chi connectivity index (χ3v) is 4.33. The zero-order chi connectivity index (χ0) is 16.1. The molecule has 0 unspecified atom stereocenters. The van der Waals surface area contributed by atoms with E-state index in [4.69, 9.17) is 0 Å². The van der Waals surface area contributed by atoms with Gasteiger partial charge in [-0.25, -0.2) is 0 Å². The van der Waals surface area contributed by atoms with Gasteiger partial charge in [-0.05, 0) is 42.8 Å². The van der Waals surface area contributed by atoms with Gasteiger partial charge in [-0.3, -0.25) is 4.79 Å². The van der Waals surface area contributed by atoms with Gasteiger partial charge in [0.25, 0.3) is 5.91 Å². The standard InChI is InChI=1S/C14H14N2O3S.C2H6/c17-10-4-3-9(11(18)8-10)7-12-13(19)15-14(20-12)16-5-1-2-6-16;1-2/h3-4,7-8,17-18H,1-2,5-6H2;1-2H3/b12-7-;. The van der Waals surface area contributed by atoms with E-state index in [0.29, 0.717) is 10.5 Å². The highest BCUT2D eigenvalue weighted by Gasteiger charge is 2.27. The normalized spacial score (nSPS) is 19.2. The monoisotopic (exact) mass is 320 g/mol. The highest BCUT2D eigenvalue weighted by Crippen LogP contribution is 2.33. The lowest BCUT2D eigenvalue weighted by atomic mass is 10.2. The van der Waals surface area contributed by atoms with E-state index in [2.05, 4.69) is 9.89 Å². The molecule has 2 heterocycles. The van der Waals surface area contributed by atoms with E-state index < -0.39 is 0 Å². The Bertz CT molecular complexity index is 620. The first-order valence-electron chi connectivity index (χ1n) is 7.43. The molecule has 118 valence electrons. The molecule has 3 rings (SSSR count). The molecule has 0 aromatic heterocycles. The second kappa shape index (κ2) is 7.35. The topological polar surface area (TPSA) is 73.1 Å². The molecule has 0 saturated carbocycles. The van der Waals surface area contributed by atoms with Gasteiger partial charge in [-0.2, -0.15) is 4.99 Å². The number of aromatic hydroxyl groups is 2. The van der Waals surface area contributed by atoms with Crippen LogP contribution in [0.1, 0.15) is 32.3 Å². The molecule has 0 spiro atoms. The van der Waals surface area contributed by atoms with E-state index >= 15 is 0 Å². The lowest BCUT2D eigenvalue weighted by Crippen LogP contribution is -2.23. The Morgan fingerprint density at radius 2 is 1.91 bits per heavy atom. The molecule has 6 heteroatoms. The molecule has 22 heavy (non-hydrogen) atoms. The minimum Gasteiger partial charge on any atom is -0.508 e. The van der Waals surface area contributed by atoms with E-state index in [9.17, 15) is 15.0 Å². The quantitative estimate of drug-likeness (QED) is 0.777. The average molecular weight is 320 g/mol. The van der Waals surface area contributed by atoms with E-state index in [1.807, 2.05) is 13.8 Å². The maximum Gasteiger partial charge on any atom is 0.286 e. The lowest BCUT2D eigenvalue weighted by molar-refractivity contribution is -0.113. The molecule has 1 aromatic rings. The summed E-state index contributed by atoms with van der Waals surface area (Å²) >= 11 is 1.34. The minimum absolute atomic E-state index is 0.0101. The number of likely N-dealkylation sites (tertiary alicyclic amines) is 1. The third kappa shape index (κ3) is 3.62. The van der Waals surface area contributed by atoms with Crippen molar-refractivity contribution < 1.29 is 15.0 Å². The molecule has 2 N–H and O–H groups in total. The maximum absolute atomic E-state index is 11.9. The molecule has 0 atom stereocenters. The number of benzene rings is 1. The predicted octanol–water partition coefficient (Wildman–Crippen LogP) is 3.19. The van der Waals surface area contributed by atoms with Crippen LogP contribution in [0.15, 0.2) is 28.1 Å². The van der Waals surface area contributed by atoms with Crippen LogP contribution >= 0.6 is 11.8 Å². The predicted molar refractivity (Wildman–Crippen MR) is 89.9 cm³/mol. The van der Waals surface area contributed by atoms with Crippen LogP contribution in [-0.4, -0.2) is 39.3 Å². The smallest absolute Gasteiger partial charge is 0.286 e. The summed E-state index contributed by atoms with van der Waals surface area (Å²) in [5, 5.41) is 19.7. The van der Waals surface area contributed by atoms with Crippen LogP contribution in [0, 0.1) is 0 Å². The number of carbonyl (C=O) groups is 1. The fourth-order valence-electron chi connectivity index (χ4n) is 2.24. The van der Waals surface area contributed by atoms with Gasteiger partial charge in [-0.1, -0.05) is 13.8 Å². The van der Waals surface area contributed by atoms with Gasteiger partial charge in [-0.15, -0.1) is 0 Å². The second-order valence-corrected chi connectivity index (χ2v) is 5.76. The lowest BCUT2D eigenvalue weighted by Gasteiger charge is -2.14. The molecule has 1 aromatic carbocycles. The van der Waals surface area contributed by atoms with Crippen LogP contribution < -0.4 is 0 Å². The molecule has 1 fully saturated rings. The summed E-state index contributed by atoms with van der Waals surface area (Å²) < 4.78 is 0. The van der Waals surface area contributed by atoms with Crippen molar-refractivity contribution in [2.75, 3.05) is 13.1 Å². The first kappa shape index (κ1) is 16.4. The summed E-state index contributed by atoms with van der Waals surface area (Å²) in [6, 6.07) is 4.29. The summed E-state index contributed by atoms with van der Waals surface area (Å²) in [5.41, 5.74) is 0.497. The molecule has 0 aliphatic carbocycles. The van der Waals surface area contributed by atoms with Crippen molar-refractivity contribution in [2.45, 2.75) is 26.7 Å². The van der Waals surface area contributed by atoms with Gasteiger partial charge in [0.2, 0.25) is 0 Å². The van der Waals surface area contributed by atoms with Crippen molar-refractivity contribution in [3.05, 3.63) is 28.7 Å². The fraction of sp³-hybridized carbons (Fsp3) is 0.375. The second-order valence-electron chi connectivity index (χ2n) is 4.75. The van der Waals surface area contributed by atoms with Crippen molar-refractivity contribution >= 4 is 28.9 Å². The molecule has 0 bridgehead atoms. The molecular formula is C16H20N2O3S. The van der Waals surface area contributed by atoms with Crippen molar-refractivity contribution in [1.82, 2.24) is 4.90 Å². The van der Waals surface area contributed by atoms with Crippen LogP contribution in [0.2, 0.25) is 0 Å². The molecule has 0 radical (unpaired) electrons. The Balaban J connectivity index is 0.000000847. The minimum atomic E-state index is -0.274. The van der Waals surface area contributed by atoms with E-state index in [0.717, 1.165) is 31.1 Å². The number of aliphatic imine (C=N–C) groups is 1. The first-order valence-corrected chi connectivity index (χ1v) is 8.24. The summed E-state index contributed by atoms with van der Waals surface area (Å²) in [7, 11) is 0. The number of phenolic OH excluding ortho intramolecular Hbond substituents is 2. The zero-order valence-electron chi connectivity index (χ0n) is 12.7. The highest BCUT2D eigenvalue weighted by atomic mass is 32.2. The van der Waals surface area contributed by atoms with Gasteiger partial charge in [0, 0.05) is 24.7 Å². The van der Waals surface area contributed by atoms with E-state index in [1.54, 1.807) is 12.1 Å². The third-order valence-electron chi connectivity index (χ3n) is 3.29. The first-order chi connectivity index (χ1) is 10.6. The number of hydrogen-bond donors (Lipinski definition) is 2. The van der Waals surface area contributed by atoms with E-state index in [-0.39, 0.29) is 17.4 Å². The largest absolute Gasteiger partial charge is 0.508 e. The number of thioether (sulfide) groups is 1. The van der Waals surface area contributed by atoms with Crippen molar-refractivity contribution in [3.8, 4) is 11.5 Å². The molecule has 2 aliphatic heterocycles. The SMILES string of the molecule is CC.O=C1N=C(N2CCCC2)S/C1=C\c1ccc(O)cc1O. The number of phenols is 2. The van der Waals surface area contributed by atoms with Gasteiger partial charge in [0.15, 0.2) is 5.17 Å². The number of hydrogen-bond acceptors (Lipinski definition) is 5. The van der Waals surface area contributed by atoms with Crippen molar-refractivity contribution in [3.63, 3.8) is 0 Å². The zero-order valence-corrected chi connectivity index (χ0v) is 13.6. The molecule has 1 amide bonds. The van der Waals surface area contributed by atoms with Gasteiger partial charge in [0.05, 0.1) is 4.91 Å². The highest BCUT2D eigenvalue weighted by molar-refractivity contribution is 8.18. The summed E-state index contributed by atoms with van der Waals surface area (Å²) in [5.74, 6) is -0.339. The fourth-order valence-corrected chi connectivity index (χ4v) is 3.19. The van der Waals surface area contributed by atoms with Gasteiger partial charge < -0.3 is 15.1 Å². The summed E-state index contributed by atoms with van der Waals surface area (Å²) in [6.45, 7) is 5.88. The Kier molecular flexibility index (Phi) is 5.49. The van der Waals surface area contributed by atoms with E-state index in [1.165, 1.54) is 23.9 Å². The van der Waals surface area contributed by atoms with Crippen LogP contribution in [0.25, 0.3) is 6.08 Å².